The number of Topliss-reactive ketones (excluding diaryl/α,β-unsaturated/α-hetero) is 2. The summed E-state index contributed by atoms with van der Waals surface area (Å²) in [6.07, 6.45) is 0. The van der Waals surface area contributed by atoms with Crippen molar-refractivity contribution in [3.05, 3.63) is 120 Å². The quantitative estimate of drug-likeness (QED) is 0.256. The van der Waals surface area contributed by atoms with E-state index in [9.17, 15) is 19.2 Å². The van der Waals surface area contributed by atoms with Gasteiger partial charge in [-0.25, -0.2) is 0 Å². The molecular weight excluding hydrogens is 603 g/mol. The first kappa shape index (κ1) is 24.4. The Morgan fingerprint density at radius 1 is 0.579 bits per heavy atom. The second-order valence-corrected chi connectivity index (χ2v) is 13.7. The molecule has 0 saturated heterocycles. The lowest BCUT2D eigenvalue weighted by molar-refractivity contribution is -0.116. The van der Waals surface area contributed by atoms with Gasteiger partial charge in [-0.15, -0.1) is 0 Å². The molecule has 0 saturated carbocycles. The smallest absolute Gasteiger partial charge is 0.305 e. The minimum atomic E-state index is -0.616. The molecule has 38 heavy (non-hydrogen) atoms. The Kier molecular flexibility index (Phi) is 5.77. The molecule has 4 heterocycles. The van der Waals surface area contributed by atoms with Crippen molar-refractivity contribution in [2.45, 2.75) is 21.9 Å². The van der Waals surface area contributed by atoms with Crippen molar-refractivity contribution < 1.29 is 9.59 Å². The van der Waals surface area contributed by atoms with Gasteiger partial charge in [-0.3, -0.25) is 19.2 Å². The summed E-state index contributed by atoms with van der Waals surface area (Å²) in [5.74, 6) is -1.80. The number of hydrogen-bond donors (Lipinski definition) is 2. The summed E-state index contributed by atoms with van der Waals surface area (Å²) in [6, 6.07) is 14.2. The lowest BCUT2D eigenvalue weighted by Crippen LogP contribution is -2.31. The fourth-order valence-corrected chi connectivity index (χ4v) is 9.87. The van der Waals surface area contributed by atoms with Crippen LogP contribution in [0.5, 0.6) is 0 Å². The molecule has 2 N–H and O–H groups in total. The number of thioether (sulfide) groups is 2. The molecule has 188 valence electrons. The molecule has 0 spiro atoms. The Morgan fingerprint density at radius 2 is 0.974 bits per heavy atom. The molecule has 2 aromatic heterocycles. The van der Waals surface area contributed by atoms with Crippen LogP contribution in [0.25, 0.3) is 0 Å². The van der Waals surface area contributed by atoms with Crippen LogP contribution in [0.2, 0.25) is 10.0 Å². The van der Waals surface area contributed by atoms with E-state index < -0.39 is 11.8 Å². The first-order valence-electron chi connectivity index (χ1n) is 11.2. The molecule has 0 bridgehead atoms. The minimum absolute atomic E-state index is 0.257. The summed E-state index contributed by atoms with van der Waals surface area (Å²) in [5, 5.41) is 2.19. The van der Waals surface area contributed by atoms with Gasteiger partial charge in [0, 0.05) is 21.2 Å². The van der Waals surface area contributed by atoms with Gasteiger partial charge in [0.1, 0.15) is 0 Å². The lowest BCUT2D eigenvalue weighted by atomic mass is 9.76. The molecule has 0 radical (unpaired) electrons. The average molecular weight is 616 g/mol. The molecule has 1 aliphatic carbocycles. The zero-order valence-corrected chi connectivity index (χ0v) is 23.6. The van der Waals surface area contributed by atoms with Gasteiger partial charge in [-0.1, -0.05) is 93.7 Å². The van der Waals surface area contributed by atoms with E-state index in [1.54, 1.807) is 24.3 Å². The van der Waals surface area contributed by atoms with E-state index in [2.05, 4.69) is 9.97 Å². The van der Waals surface area contributed by atoms with Crippen LogP contribution in [-0.2, 0) is 9.59 Å². The van der Waals surface area contributed by atoms with Gasteiger partial charge in [0.25, 0.3) is 0 Å². The van der Waals surface area contributed by atoms with Crippen molar-refractivity contribution in [3.8, 4) is 0 Å². The Hall–Kier alpha value is -2.60. The van der Waals surface area contributed by atoms with Crippen molar-refractivity contribution in [1.29, 1.82) is 0 Å². The van der Waals surface area contributed by atoms with Crippen molar-refractivity contribution in [2.75, 3.05) is 0 Å². The number of halogens is 2. The highest BCUT2D eigenvalue weighted by Crippen LogP contribution is 2.58. The third-order valence-electron chi connectivity index (χ3n) is 6.59. The largest absolute Gasteiger partial charge is 0.307 e. The van der Waals surface area contributed by atoms with Gasteiger partial charge in [0.2, 0.25) is 5.78 Å². The highest BCUT2D eigenvalue weighted by molar-refractivity contribution is 8.06. The van der Waals surface area contributed by atoms with E-state index in [1.165, 1.54) is 0 Å². The number of aromatic nitrogens is 2. The molecule has 2 aliphatic heterocycles. The number of ketones is 2. The molecule has 0 unspecified atom stereocenters. The number of nitrogens with one attached hydrogen (secondary N) is 2. The number of aromatic amines is 2. The molecular formula is C26H12Cl2N2O4S4. The number of allylic oxidation sites excluding steroid dienone is 4. The van der Waals surface area contributed by atoms with Crippen LogP contribution in [0, 0.1) is 0 Å². The van der Waals surface area contributed by atoms with Gasteiger partial charge < -0.3 is 9.97 Å². The highest BCUT2D eigenvalue weighted by atomic mass is 35.5. The predicted octanol–water partition coefficient (Wildman–Crippen LogP) is 6.33. The maximum atomic E-state index is 14.6. The summed E-state index contributed by atoms with van der Waals surface area (Å²) < 4.78 is 0. The molecule has 7 rings (SSSR count). The average Bonchev–Trinajstić information content (AvgIpc) is 3.46. The van der Waals surface area contributed by atoms with E-state index in [-0.39, 0.29) is 21.3 Å². The van der Waals surface area contributed by atoms with Gasteiger partial charge in [-0.2, -0.15) is 0 Å². The Morgan fingerprint density at radius 3 is 1.37 bits per heavy atom. The van der Waals surface area contributed by atoms with Crippen LogP contribution in [0.3, 0.4) is 0 Å². The fourth-order valence-electron chi connectivity index (χ4n) is 5.02. The zero-order chi connectivity index (χ0) is 26.3. The molecule has 6 nitrogen and oxygen atoms in total. The highest BCUT2D eigenvalue weighted by Gasteiger charge is 2.49. The standard InChI is InChI=1S/C26H12Cl2N2O4S4/c27-11-5-1-9(2-6-11)13-15-17(31)16-14(10-3-7-12(28)8-4-10)22-24(30-26(34)38-22)36-20(16)18(32)19(15)35-23-21(13)37-25(33)29-23/h1-8,13-14H,(H,29,33)(H,30,34)/t13-,14+. The van der Waals surface area contributed by atoms with E-state index in [4.69, 9.17) is 23.2 Å². The first-order chi connectivity index (χ1) is 18.3. The Labute approximate surface area is 240 Å². The predicted molar refractivity (Wildman–Crippen MR) is 152 cm³/mol. The van der Waals surface area contributed by atoms with Crippen LogP contribution in [0.1, 0.15) is 32.7 Å². The van der Waals surface area contributed by atoms with E-state index in [1.807, 2.05) is 24.3 Å². The zero-order valence-electron chi connectivity index (χ0n) is 18.8. The summed E-state index contributed by atoms with van der Waals surface area (Å²) >= 11 is 16.6. The van der Waals surface area contributed by atoms with E-state index in [0.717, 1.165) is 57.3 Å². The van der Waals surface area contributed by atoms with Gasteiger partial charge in [-0.05, 0) is 35.4 Å². The van der Waals surface area contributed by atoms with Crippen LogP contribution in [0.15, 0.2) is 89.1 Å². The summed E-state index contributed by atoms with van der Waals surface area (Å²) in [5.41, 5.74) is 2.19. The van der Waals surface area contributed by atoms with Crippen LogP contribution >= 0.6 is 69.4 Å². The Balaban J connectivity index is 1.46. The van der Waals surface area contributed by atoms with Gasteiger partial charge in [0.05, 0.1) is 41.5 Å². The number of thiazole rings is 2. The van der Waals surface area contributed by atoms with Gasteiger partial charge >= 0.3 is 9.75 Å². The number of carbonyl (C=O) groups is 2. The van der Waals surface area contributed by atoms with Crippen LogP contribution in [0.4, 0.5) is 0 Å². The fraction of sp³-hybridized carbons (Fsp3) is 0.0769. The van der Waals surface area contributed by atoms with Crippen molar-refractivity contribution >= 4 is 81.0 Å². The monoisotopic (exact) mass is 614 g/mol. The minimum Gasteiger partial charge on any atom is -0.307 e. The van der Waals surface area contributed by atoms with Crippen molar-refractivity contribution in [1.82, 2.24) is 9.97 Å². The normalized spacial score (nSPS) is 20.3. The second kappa shape index (κ2) is 8.97. The lowest BCUT2D eigenvalue weighted by Gasteiger charge is -2.35. The molecule has 2 atom stereocenters. The number of hydrogen-bond acceptors (Lipinski definition) is 8. The van der Waals surface area contributed by atoms with Crippen LogP contribution < -0.4 is 9.75 Å². The third kappa shape index (κ3) is 3.70. The van der Waals surface area contributed by atoms with Gasteiger partial charge in [0.15, 0.2) is 5.78 Å². The van der Waals surface area contributed by atoms with E-state index >= 15 is 0 Å². The third-order valence-corrected chi connectivity index (χ3v) is 11.5. The summed E-state index contributed by atoms with van der Waals surface area (Å²) in [7, 11) is 0. The van der Waals surface area contributed by atoms with Crippen LogP contribution in [-0.4, -0.2) is 21.5 Å². The number of carbonyl (C=O) groups excluding carboxylic acids is 2. The number of fused-ring (bicyclic) bond motifs is 2. The van der Waals surface area contributed by atoms with Crippen molar-refractivity contribution in [2.24, 2.45) is 0 Å². The van der Waals surface area contributed by atoms with E-state index in [0.29, 0.717) is 50.8 Å². The molecule has 12 heteroatoms. The maximum absolute atomic E-state index is 14.6. The second-order valence-electron chi connectivity index (χ2n) is 8.73. The summed E-state index contributed by atoms with van der Waals surface area (Å²) in [4.78, 5) is 60.6. The number of H-pyrrole nitrogens is 2. The molecule has 3 aliphatic rings. The molecule has 4 aromatic rings. The van der Waals surface area contributed by atoms with Crippen molar-refractivity contribution in [3.63, 3.8) is 0 Å². The number of rotatable bonds is 2. The molecule has 0 amide bonds. The SMILES string of the molecule is O=C1C2=C(C(=O)C3=C1Sc1[nH]c(=O)sc1[C@@H]3c1ccc(Cl)cc1)[C@H](c1ccc(Cl)cc1)c1sc(=O)[nH]c1S2. The maximum Gasteiger partial charge on any atom is 0.305 e. The summed E-state index contributed by atoms with van der Waals surface area (Å²) in [6.45, 7) is 0. The topological polar surface area (TPSA) is 99.9 Å². The number of benzene rings is 2. The molecule has 0 fully saturated rings. The molecule has 2 aromatic carbocycles. The Bertz CT molecular complexity index is 1740. The first-order valence-corrected chi connectivity index (χ1v) is 15.2.